The first kappa shape index (κ1) is 13.7. The minimum atomic E-state index is 0.261. The van der Waals surface area contributed by atoms with Gasteiger partial charge in [-0.05, 0) is 47.6 Å². The third-order valence-electron chi connectivity index (χ3n) is 4.32. The number of hydrogen-bond donors (Lipinski definition) is 1. The number of benzene rings is 2. The molecule has 1 atom stereocenters. The van der Waals surface area contributed by atoms with Crippen molar-refractivity contribution in [2.45, 2.75) is 32.7 Å². The minimum absolute atomic E-state index is 0.261. The average Bonchev–Trinajstić information content (AvgIpc) is 2.42. The molecule has 2 aromatic rings. The lowest BCUT2D eigenvalue weighted by Crippen LogP contribution is -2.33. The van der Waals surface area contributed by atoms with Crippen LogP contribution in [0.25, 0.3) is 0 Å². The van der Waals surface area contributed by atoms with Gasteiger partial charge in [0.1, 0.15) is 0 Å². The fraction of sp³-hybridized carbons (Fsp3) is 0.333. The minimum Gasteiger partial charge on any atom is -0.378 e. The van der Waals surface area contributed by atoms with E-state index in [1.165, 1.54) is 29.7 Å². The van der Waals surface area contributed by atoms with Crippen LogP contribution < -0.4 is 5.32 Å². The molecule has 2 aromatic carbocycles. The lowest BCUT2D eigenvalue weighted by molar-refractivity contribution is 0.265. The van der Waals surface area contributed by atoms with Crippen molar-refractivity contribution in [1.82, 2.24) is 0 Å². The number of halogens is 1. The van der Waals surface area contributed by atoms with Gasteiger partial charge in [0.2, 0.25) is 0 Å². The summed E-state index contributed by atoms with van der Waals surface area (Å²) in [7, 11) is 0. The number of anilines is 1. The highest BCUT2D eigenvalue weighted by atomic mass is 79.9. The quantitative estimate of drug-likeness (QED) is 0.758. The van der Waals surface area contributed by atoms with Crippen LogP contribution in [-0.4, -0.2) is 0 Å². The monoisotopic (exact) mass is 329 g/mol. The van der Waals surface area contributed by atoms with Gasteiger partial charge in [-0.15, -0.1) is 0 Å². The van der Waals surface area contributed by atoms with Gasteiger partial charge in [0.25, 0.3) is 0 Å². The third kappa shape index (κ3) is 2.62. The van der Waals surface area contributed by atoms with E-state index >= 15 is 0 Å². The molecule has 1 nitrogen and oxygen atoms in total. The largest absolute Gasteiger partial charge is 0.378 e. The highest BCUT2D eigenvalue weighted by Crippen LogP contribution is 2.45. The Balaban J connectivity index is 1.97. The second-order valence-electron chi connectivity index (χ2n) is 6.28. The summed E-state index contributed by atoms with van der Waals surface area (Å²) in [6.07, 6.45) is 2.40. The Hall–Kier alpha value is -1.28. The van der Waals surface area contributed by atoms with Crippen molar-refractivity contribution in [2.24, 2.45) is 5.41 Å². The van der Waals surface area contributed by atoms with Gasteiger partial charge >= 0.3 is 0 Å². The van der Waals surface area contributed by atoms with E-state index in [1.807, 2.05) is 0 Å². The van der Waals surface area contributed by atoms with E-state index in [0.29, 0.717) is 6.04 Å². The summed E-state index contributed by atoms with van der Waals surface area (Å²) in [5.41, 5.74) is 4.37. The molecular formula is C18H20BrN. The number of nitrogens with one attached hydrogen (secondary N) is 1. The van der Waals surface area contributed by atoms with Crippen LogP contribution in [0.15, 0.2) is 53.0 Å². The Morgan fingerprint density at radius 2 is 1.90 bits per heavy atom. The van der Waals surface area contributed by atoms with Crippen LogP contribution in [0.2, 0.25) is 0 Å². The summed E-state index contributed by atoms with van der Waals surface area (Å²) >= 11 is 3.55. The molecule has 0 bridgehead atoms. The van der Waals surface area contributed by atoms with Gasteiger partial charge in [-0.1, -0.05) is 60.1 Å². The van der Waals surface area contributed by atoms with Crippen LogP contribution in [0.3, 0.4) is 0 Å². The van der Waals surface area contributed by atoms with Gasteiger partial charge < -0.3 is 5.32 Å². The standard InChI is InChI=1S/C18H20BrN/c1-18(2)11-10-13-6-3-4-9-16(13)17(18)20-15-8-5-7-14(19)12-15/h3-9,12,17,20H,10-11H2,1-2H3. The maximum atomic E-state index is 3.74. The van der Waals surface area contributed by atoms with Crippen molar-refractivity contribution in [3.05, 3.63) is 64.1 Å². The smallest absolute Gasteiger partial charge is 0.0567 e. The maximum absolute atomic E-state index is 3.74. The molecule has 1 unspecified atom stereocenters. The first-order valence-corrected chi connectivity index (χ1v) is 7.95. The zero-order valence-corrected chi connectivity index (χ0v) is 13.6. The molecule has 3 rings (SSSR count). The molecule has 0 aromatic heterocycles. The Labute approximate surface area is 129 Å². The van der Waals surface area contributed by atoms with Crippen molar-refractivity contribution >= 4 is 21.6 Å². The topological polar surface area (TPSA) is 12.0 Å². The first-order chi connectivity index (χ1) is 9.56. The Morgan fingerprint density at radius 1 is 1.10 bits per heavy atom. The fourth-order valence-electron chi connectivity index (χ4n) is 3.08. The molecule has 2 heteroatoms. The van der Waals surface area contributed by atoms with Gasteiger partial charge in [-0.25, -0.2) is 0 Å². The van der Waals surface area contributed by atoms with Gasteiger partial charge in [0.05, 0.1) is 6.04 Å². The first-order valence-electron chi connectivity index (χ1n) is 7.16. The van der Waals surface area contributed by atoms with Crippen molar-refractivity contribution < 1.29 is 0 Å². The normalized spacial score (nSPS) is 20.2. The average molecular weight is 330 g/mol. The predicted molar refractivity (Wildman–Crippen MR) is 89.0 cm³/mol. The molecule has 0 saturated heterocycles. The van der Waals surface area contributed by atoms with Gasteiger partial charge in [0, 0.05) is 10.2 Å². The summed E-state index contributed by atoms with van der Waals surface area (Å²) in [5.74, 6) is 0. The predicted octanol–water partition coefficient (Wildman–Crippen LogP) is 5.57. The summed E-state index contributed by atoms with van der Waals surface area (Å²) in [5, 5.41) is 3.74. The SMILES string of the molecule is CC1(C)CCc2ccccc2C1Nc1cccc(Br)c1. The molecular weight excluding hydrogens is 310 g/mol. The van der Waals surface area contributed by atoms with Crippen molar-refractivity contribution in [3.63, 3.8) is 0 Å². The molecule has 1 aliphatic rings. The molecule has 0 amide bonds. The van der Waals surface area contributed by atoms with Crippen LogP contribution in [-0.2, 0) is 6.42 Å². The number of hydrogen-bond acceptors (Lipinski definition) is 1. The molecule has 104 valence electrons. The fourth-order valence-corrected chi connectivity index (χ4v) is 3.48. The van der Waals surface area contributed by atoms with Crippen LogP contribution in [0.4, 0.5) is 5.69 Å². The number of fused-ring (bicyclic) bond motifs is 1. The second-order valence-corrected chi connectivity index (χ2v) is 7.19. The number of rotatable bonds is 2. The van der Waals surface area contributed by atoms with E-state index in [4.69, 9.17) is 0 Å². The summed E-state index contributed by atoms with van der Waals surface area (Å²) in [6, 6.07) is 17.6. The van der Waals surface area contributed by atoms with Crippen molar-refractivity contribution in [3.8, 4) is 0 Å². The van der Waals surface area contributed by atoms with E-state index in [1.54, 1.807) is 0 Å². The molecule has 0 heterocycles. The zero-order chi connectivity index (χ0) is 14.2. The van der Waals surface area contributed by atoms with Crippen molar-refractivity contribution in [2.75, 3.05) is 5.32 Å². The van der Waals surface area contributed by atoms with E-state index < -0.39 is 0 Å². The van der Waals surface area contributed by atoms with E-state index in [9.17, 15) is 0 Å². The molecule has 20 heavy (non-hydrogen) atoms. The van der Waals surface area contributed by atoms with Crippen LogP contribution in [0.1, 0.15) is 37.4 Å². The van der Waals surface area contributed by atoms with Gasteiger partial charge in [0.15, 0.2) is 0 Å². The van der Waals surface area contributed by atoms with Crippen LogP contribution in [0.5, 0.6) is 0 Å². The summed E-state index contributed by atoms with van der Waals surface area (Å²) < 4.78 is 1.12. The van der Waals surface area contributed by atoms with E-state index in [2.05, 4.69) is 83.6 Å². The molecule has 1 N–H and O–H groups in total. The van der Waals surface area contributed by atoms with E-state index in [-0.39, 0.29) is 5.41 Å². The second kappa shape index (κ2) is 5.25. The summed E-state index contributed by atoms with van der Waals surface area (Å²) in [4.78, 5) is 0. The lowest BCUT2D eigenvalue weighted by atomic mass is 9.70. The number of aryl methyl sites for hydroxylation is 1. The highest BCUT2D eigenvalue weighted by molar-refractivity contribution is 9.10. The summed E-state index contributed by atoms with van der Waals surface area (Å²) in [6.45, 7) is 4.72. The van der Waals surface area contributed by atoms with Gasteiger partial charge in [-0.3, -0.25) is 0 Å². The molecule has 0 saturated carbocycles. The molecule has 0 fully saturated rings. The molecule has 0 aliphatic heterocycles. The Kier molecular flexibility index (Phi) is 3.59. The molecule has 0 radical (unpaired) electrons. The molecule has 1 aliphatic carbocycles. The lowest BCUT2D eigenvalue weighted by Gasteiger charge is -2.41. The van der Waals surface area contributed by atoms with Crippen LogP contribution in [0, 0.1) is 5.41 Å². The Bertz CT molecular complexity index is 618. The Morgan fingerprint density at radius 3 is 2.70 bits per heavy atom. The molecule has 0 spiro atoms. The van der Waals surface area contributed by atoms with Crippen LogP contribution >= 0.6 is 15.9 Å². The van der Waals surface area contributed by atoms with Crippen molar-refractivity contribution in [1.29, 1.82) is 0 Å². The highest BCUT2D eigenvalue weighted by Gasteiger charge is 2.35. The van der Waals surface area contributed by atoms with E-state index in [0.717, 1.165) is 4.47 Å². The maximum Gasteiger partial charge on any atom is 0.0567 e. The third-order valence-corrected chi connectivity index (χ3v) is 4.82. The van der Waals surface area contributed by atoms with Gasteiger partial charge in [-0.2, -0.15) is 0 Å². The zero-order valence-electron chi connectivity index (χ0n) is 12.0.